The smallest absolute Gasteiger partial charge is 0.195 e. The van der Waals surface area contributed by atoms with Crippen molar-refractivity contribution in [3.05, 3.63) is 0 Å². The highest BCUT2D eigenvalue weighted by Gasteiger charge is 2.46. The van der Waals surface area contributed by atoms with Crippen LogP contribution in [0.3, 0.4) is 0 Å². The van der Waals surface area contributed by atoms with Crippen molar-refractivity contribution in [2.45, 2.75) is 45.2 Å². The number of rotatable bonds is 4. The van der Waals surface area contributed by atoms with E-state index in [9.17, 15) is 8.42 Å². The molecule has 2 atom stereocenters. The third-order valence-electron chi connectivity index (χ3n) is 3.46. The van der Waals surface area contributed by atoms with E-state index in [0.717, 1.165) is 25.5 Å². The molecule has 0 spiro atoms. The molecular weight excluding hydrogens is 246 g/mol. The maximum atomic E-state index is 11.4. The Balaban J connectivity index is 3.00. The first kappa shape index (κ1) is 14.3. The van der Waals surface area contributed by atoms with E-state index in [4.69, 9.17) is 4.28 Å². The normalized spacial score (nSPS) is 36.2. The van der Waals surface area contributed by atoms with Crippen LogP contribution < -0.4 is 0 Å². The molecule has 6 heteroatoms. The summed E-state index contributed by atoms with van der Waals surface area (Å²) in [4.78, 5) is 0. The van der Waals surface area contributed by atoms with Crippen molar-refractivity contribution in [1.82, 2.24) is 0 Å². The van der Waals surface area contributed by atoms with Gasteiger partial charge in [-0.25, -0.2) is 0 Å². The monoisotopic (exact) mass is 268 g/mol. The Morgan fingerprint density at radius 3 is 2.19 bits per heavy atom. The van der Waals surface area contributed by atoms with E-state index in [2.05, 4.69) is 26.5 Å². The average Bonchev–Trinajstić information content (AvgIpc) is 2.12. The van der Waals surface area contributed by atoms with Gasteiger partial charge < -0.3 is 0 Å². The third-order valence-corrected chi connectivity index (χ3v) is 4.21. The molecular formula is C10H22NO3S2+. The highest BCUT2D eigenvalue weighted by atomic mass is 32.2. The van der Waals surface area contributed by atoms with Crippen LogP contribution >= 0.6 is 12.6 Å². The number of hydroxylamine groups is 3. The van der Waals surface area contributed by atoms with Crippen molar-refractivity contribution in [2.24, 2.45) is 0 Å². The Kier molecular flexibility index (Phi) is 4.68. The van der Waals surface area contributed by atoms with E-state index in [1.165, 1.54) is 0 Å². The Morgan fingerprint density at radius 2 is 1.81 bits per heavy atom. The van der Waals surface area contributed by atoms with Crippen molar-refractivity contribution in [2.75, 3.05) is 18.6 Å². The van der Waals surface area contributed by atoms with Crippen LogP contribution in [0.2, 0.25) is 0 Å². The van der Waals surface area contributed by atoms with Gasteiger partial charge in [0.1, 0.15) is 18.6 Å². The van der Waals surface area contributed by atoms with Crippen LogP contribution in [0.4, 0.5) is 0 Å². The van der Waals surface area contributed by atoms with E-state index in [1.54, 1.807) is 0 Å². The topological polar surface area (TPSA) is 43.4 Å². The van der Waals surface area contributed by atoms with Gasteiger partial charge in [-0.3, -0.25) is 0 Å². The van der Waals surface area contributed by atoms with Gasteiger partial charge in [-0.1, -0.05) is 4.28 Å². The first-order valence-corrected chi connectivity index (χ1v) is 8.16. The molecule has 0 saturated carbocycles. The van der Waals surface area contributed by atoms with Gasteiger partial charge in [0.25, 0.3) is 0 Å². The number of hydrogen-bond donors (Lipinski definition) is 1. The van der Waals surface area contributed by atoms with Crippen molar-refractivity contribution >= 4 is 22.7 Å². The van der Waals surface area contributed by atoms with E-state index in [0.29, 0.717) is 12.3 Å². The third kappa shape index (κ3) is 3.12. The van der Waals surface area contributed by atoms with Gasteiger partial charge in [-0.2, -0.15) is 25.7 Å². The molecule has 2 unspecified atom stereocenters. The summed E-state index contributed by atoms with van der Waals surface area (Å²) in [6, 6.07) is 0.427. The first-order valence-electron chi connectivity index (χ1n) is 5.71. The summed E-state index contributed by atoms with van der Waals surface area (Å²) in [6.07, 6.45) is 4.28. The molecule has 1 rings (SSSR count). The van der Waals surface area contributed by atoms with Crippen LogP contribution in [0.5, 0.6) is 0 Å². The largest absolute Gasteiger partial charge is 0.311 e. The predicted molar refractivity (Wildman–Crippen MR) is 67.7 cm³/mol. The Morgan fingerprint density at radius 1 is 1.31 bits per heavy atom. The molecule has 96 valence electrons. The minimum Gasteiger partial charge on any atom is -0.195 e. The molecule has 1 heterocycles. The quantitative estimate of drug-likeness (QED) is 0.622. The maximum Gasteiger partial charge on any atom is 0.311 e. The second-order valence-corrected chi connectivity index (χ2v) is 6.71. The van der Waals surface area contributed by atoms with Crippen LogP contribution in [-0.2, 0) is 14.4 Å². The molecule has 0 radical (unpaired) electrons. The standard InChI is InChI=1S/C10H21NO3S2/c1-9-5-4-6-10(2)11(9,7-8-15)14-16(3,12)13/h9-10H,4-8H2,1-3H3/p+1. The van der Waals surface area contributed by atoms with Gasteiger partial charge in [-0.15, -0.1) is 0 Å². The summed E-state index contributed by atoms with van der Waals surface area (Å²) in [5, 5.41) is 0. The van der Waals surface area contributed by atoms with Crippen molar-refractivity contribution < 1.29 is 17.3 Å². The van der Waals surface area contributed by atoms with Crippen molar-refractivity contribution in [3.63, 3.8) is 0 Å². The van der Waals surface area contributed by atoms with Gasteiger partial charge in [0.05, 0.1) is 6.26 Å². The highest BCUT2D eigenvalue weighted by Crippen LogP contribution is 2.33. The second kappa shape index (κ2) is 5.25. The van der Waals surface area contributed by atoms with Gasteiger partial charge in [-0.05, 0) is 20.3 Å². The zero-order chi connectivity index (χ0) is 12.4. The Hall–Kier alpha value is 0.220. The zero-order valence-corrected chi connectivity index (χ0v) is 11.9. The lowest BCUT2D eigenvalue weighted by molar-refractivity contribution is -1.12. The fraction of sp³-hybridized carbons (Fsp3) is 1.00. The van der Waals surface area contributed by atoms with Gasteiger partial charge >= 0.3 is 10.1 Å². The number of hydrogen-bond acceptors (Lipinski definition) is 4. The molecule has 0 bridgehead atoms. The van der Waals surface area contributed by atoms with Gasteiger partial charge in [0.2, 0.25) is 0 Å². The molecule has 4 nitrogen and oxygen atoms in total. The number of thiol groups is 1. The molecule has 0 aliphatic carbocycles. The molecule has 0 amide bonds. The lowest BCUT2D eigenvalue weighted by Gasteiger charge is -2.46. The number of quaternary nitrogens is 1. The first-order chi connectivity index (χ1) is 7.32. The summed E-state index contributed by atoms with van der Waals surface area (Å²) in [5.74, 6) is 0.629. The summed E-state index contributed by atoms with van der Waals surface area (Å²) in [5.41, 5.74) is 0. The Bertz CT molecular complexity index is 319. The fourth-order valence-electron chi connectivity index (χ4n) is 2.61. The summed E-state index contributed by atoms with van der Waals surface area (Å²) >= 11 is 4.23. The summed E-state index contributed by atoms with van der Waals surface area (Å²) < 4.78 is 28.4. The van der Waals surface area contributed by atoms with E-state index >= 15 is 0 Å². The average molecular weight is 268 g/mol. The summed E-state index contributed by atoms with van der Waals surface area (Å²) in [7, 11) is -3.43. The van der Waals surface area contributed by atoms with Gasteiger partial charge in [0, 0.05) is 18.6 Å². The molecule has 0 N–H and O–H groups in total. The zero-order valence-electron chi connectivity index (χ0n) is 10.2. The van der Waals surface area contributed by atoms with Crippen LogP contribution in [0.1, 0.15) is 33.1 Å². The highest BCUT2D eigenvalue weighted by molar-refractivity contribution is 7.85. The lowest BCUT2D eigenvalue weighted by atomic mass is 9.97. The van der Waals surface area contributed by atoms with Crippen LogP contribution in [0.15, 0.2) is 0 Å². The van der Waals surface area contributed by atoms with E-state index in [-0.39, 0.29) is 16.7 Å². The van der Waals surface area contributed by atoms with Gasteiger partial charge in [0.15, 0.2) is 0 Å². The Labute approximate surface area is 104 Å². The molecule has 1 aliphatic rings. The second-order valence-electron chi connectivity index (χ2n) is 4.71. The summed E-state index contributed by atoms with van der Waals surface area (Å²) in [6.45, 7) is 4.76. The van der Waals surface area contributed by atoms with E-state index in [1.807, 2.05) is 0 Å². The molecule has 1 saturated heterocycles. The van der Waals surface area contributed by atoms with Crippen LogP contribution in [0.25, 0.3) is 0 Å². The molecule has 16 heavy (non-hydrogen) atoms. The lowest BCUT2D eigenvalue weighted by Crippen LogP contribution is -2.62. The van der Waals surface area contributed by atoms with E-state index < -0.39 is 10.1 Å². The number of nitrogens with zero attached hydrogens (tertiary/aromatic N) is 1. The molecule has 1 fully saturated rings. The van der Waals surface area contributed by atoms with Crippen molar-refractivity contribution in [1.29, 1.82) is 0 Å². The number of piperidine rings is 1. The number of likely N-dealkylation sites (tertiary alicyclic amines) is 1. The maximum absolute atomic E-state index is 11.4. The van der Waals surface area contributed by atoms with Crippen molar-refractivity contribution in [3.8, 4) is 0 Å². The van der Waals surface area contributed by atoms with Crippen LogP contribution in [-0.4, -0.2) is 43.7 Å². The van der Waals surface area contributed by atoms with Crippen LogP contribution in [0, 0.1) is 0 Å². The molecule has 1 aliphatic heterocycles. The molecule has 0 aromatic heterocycles. The predicted octanol–water partition coefficient (Wildman–Crippen LogP) is 1.59. The fourth-order valence-corrected chi connectivity index (χ4v) is 3.80. The minimum absolute atomic E-state index is 0.211. The SMILES string of the molecule is CC1CCCC(C)[N+]1(CCS)OS(C)(=O)=O. The molecule has 0 aromatic carbocycles. The minimum atomic E-state index is -3.43. The molecule has 0 aromatic rings.